The first kappa shape index (κ1) is 17.3. The minimum absolute atomic E-state index is 0.340. The number of carbonyl (C=O) groups excluding carboxylic acids is 1. The molecule has 0 bridgehead atoms. The fourth-order valence-electron chi connectivity index (χ4n) is 3.21. The Morgan fingerprint density at radius 1 is 1.15 bits per heavy atom. The van der Waals surface area contributed by atoms with Gasteiger partial charge in [-0.3, -0.25) is 4.57 Å². The number of hydrogen-bond donors (Lipinski definition) is 0. The monoisotopic (exact) mass is 381 g/mol. The number of imidazole rings is 1. The molecule has 0 aliphatic rings. The summed E-state index contributed by atoms with van der Waals surface area (Å²) in [5.74, 6) is 0.371. The number of methoxy groups -OCH3 is 1. The maximum Gasteiger partial charge on any atom is 0.337 e. The minimum atomic E-state index is -0.385. The van der Waals surface area contributed by atoms with E-state index in [1.807, 2.05) is 48.7 Å². The van der Waals surface area contributed by atoms with Crippen molar-refractivity contribution >= 4 is 28.6 Å². The number of aromatic nitrogens is 3. The third kappa shape index (κ3) is 2.88. The van der Waals surface area contributed by atoms with Crippen LogP contribution in [0.3, 0.4) is 0 Å². The van der Waals surface area contributed by atoms with Crippen molar-refractivity contribution in [3.63, 3.8) is 0 Å². The van der Waals surface area contributed by atoms with Crippen LogP contribution < -0.4 is 0 Å². The number of aryl methyl sites for hydroxylation is 2. The molecule has 0 saturated heterocycles. The van der Waals surface area contributed by atoms with Gasteiger partial charge in [0.1, 0.15) is 5.76 Å². The van der Waals surface area contributed by atoms with Crippen LogP contribution >= 0.6 is 11.6 Å². The molecule has 0 spiro atoms. The van der Waals surface area contributed by atoms with Gasteiger partial charge in [-0.15, -0.1) is 0 Å². The van der Waals surface area contributed by atoms with Crippen molar-refractivity contribution in [3.8, 4) is 16.8 Å². The van der Waals surface area contributed by atoms with Crippen LogP contribution in [0.15, 0.2) is 47.0 Å². The Morgan fingerprint density at radius 3 is 2.52 bits per heavy atom. The number of carbonyl (C=O) groups is 1. The number of hydrogen-bond acceptors (Lipinski definition) is 5. The Morgan fingerprint density at radius 2 is 1.89 bits per heavy atom. The SMILES string of the molecule is COC(=O)c1ccc(-n2c(Cl)nc3ccc(-c4c(C)noc4C)cc32)cc1. The molecular formula is C20H16ClN3O3. The van der Waals surface area contributed by atoms with Gasteiger partial charge in [0.05, 0.1) is 29.4 Å². The molecule has 0 aliphatic carbocycles. The highest BCUT2D eigenvalue weighted by Crippen LogP contribution is 2.32. The molecule has 4 aromatic rings. The highest BCUT2D eigenvalue weighted by molar-refractivity contribution is 6.29. The molecule has 2 heterocycles. The number of rotatable bonds is 3. The van der Waals surface area contributed by atoms with Crippen LogP contribution in [0.4, 0.5) is 0 Å². The molecule has 4 rings (SSSR count). The summed E-state index contributed by atoms with van der Waals surface area (Å²) in [5.41, 5.74) is 5.65. The summed E-state index contributed by atoms with van der Waals surface area (Å²) in [5, 5.41) is 4.36. The fourth-order valence-corrected chi connectivity index (χ4v) is 3.49. The van der Waals surface area contributed by atoms with Crippen molar-refractivity contribution in [1.29, 1.82) is 0 Å². The minimum Gasteiger partial charge on any atom is -0.465 e. The molecule has 0 N–H and O–H groups in total. The summed E-state index contributed by atoms with van der Waals surface area (Å²) < 4.78 is 11.9. The maximum absolute atomic E-state index is 11.6. The highest BCUT2D eigenvalue weighted by Gasteiger charge is 2.16. The van der Waals surface area contributed by atoms with Crippen molar-refractivity contribution in [1.82, 2.24) is 14.7 Å². The zero-order valence-corrected chi connectivity index (χ0v) is 15.7. The first-order valence-electron chi connectivity index (χ1n) is 8.29. The second-order valence-corrected chi connectivity index (χ2v) is 6.50. The highest BCUT2D eigenvalue weighted by atomic mass is 35.5. The predicted molar refractivity (Wildman–Crippen MR) is 102 cm³/mol. The lowest BCUT2D eigenvalue weighted by atomic mass is 10.0. The summed E-state index contributed by atoms with van der Waals surface area (Å²) in [4.78, 5) is 16.1. The molecule has 0 unspecified atom stereocenters. The van der Waals surface area contributed by atoms with E-state index in [9.17, 15) is 4.79 Å². The van der Waals surface area contributed by atoms with Gasteiger partial charge in [0, 0.05) is 11.3 Å². The van der Waals surface area contributed by atoms with Crippen LogP contribution in [0.5, 0.6) is 0 Å². The number of nitrogens with zero attached hydrogens (tertiary/aromatic N) is 3. The van der Waals surface area contributed by atoms with Gasteiger partial charge in [0.15, 0.2) is 0 Å². The molecule has 27 heavy (non-hydrogen) atoms. The molecule has 0 saturated carbocycles. The van der Waals surface area contributed by atoms with Crippen molar-refractivity contribution < 1.29 is 14.1 Å². The van der Waals surface area contributed by atoms with Gasteiger partial charge in [-0.1, -0.05) is 11.2 Å². The molecule has 2 aromatic heterocycles. The van der Waals surface area contributed by atoms with Crippen LogP contribution in [0, 0.1) is 13.8 Å². The Bertz CT molecular complexity index is 1140. The third-order valence-electron chi connectivity index (χ3n) is 4.48. The molecule has 0 aliphatic heterocycles. The van der Waals surface area contributed by atoms with Crippen LogP contribution in [0.2, 0.25) is 5.28 Å². The molecule has 7 heteroatoms. The first-order chi connectivity index (χ1) is 13.0. The van der Waals surface area contributed by atoms with E-state index in [-0.39, 0.29) is 5.97 Å². The summed E-state index contributed by atoms with van der Waals surface area (Å²) in [6.07, 6.45) is 0. The topological polar surface area (TPSA) is 70.2 Å². The average Bonchev–Trinajstić information content (AvgIpc) is 3.18. The number of esters is 1. The quantitative estimate of drug-likeness (QED) is 0.479. The predicted octanol–water partition coefficient (Wildman–Crippen LogP) is 4.74. The zero-order valence-electron chi connectivity index (χ0n) is 15.0. The van der Waals surface area contributed by atoms with Crippen LogP contribution in [-0.4, -0.2) is 27.8 Å². The molecule has 0 radical (unpaired) electrons. The molecular weight excluding hydrogens is 366 g/mol. The molecule has 6 nitrogen and oxygen atoms in total. The number of ether oxygens (including phenoxy) is 1. The lowest BCUT2D eigenvalue weighted by molar-refractivity contribution is 0.0601. The standard InChI is InChI=1S/C20H16ClN3O3/c1-11-18(12(2)27-23-11)14-6-9-16-17(10-14)24(20(21)22-16)15-7-4-13(5-8-15)19(25)26-3/h4-10H,1-3H3. The lowest BCUT2D eigenvalue weighted by Gasteiger charge is -2.08. The van der Waals surface area contributed by atoms with E-state index < -0.39 is 0 Å². The maximum atomic E-state index is 11.6. The second kappa shape index (κ2) is 6.55. The number of benzene rings is 2. The van der Waals surface area contributed by atoms with Gasteiger partial charge in [-0.25, -0.2) is 9.78 Å². The normalized spacial score (nSPS) is 11.1. The van der Waals surface area contributed by atoms with Gasteiger partial charge < -0.3 is 9.26 Å². The van der Waals surface area contributed by atoms with Crippen LogP contribution in [0.25, 0.3) is 27.8 Å². The van der Waals surface area contributed by atoms with Crippen LogP contribution in [-0.2, 0) is 4.74 Å². The van der Waals surface area contributed by atoms with E-state index >= 15 is 0 Å². The van der Waals surface area contributed by atoms with E-state index in [0.717, 1.165) is 39.3 Å². The third-order valence-corrected chi connectivity index (χ3v) is 4.74. The average molecular weight is 382 g/mol. The van der Waals surface area contributed by atoms with E-state index in [1.54, 1.807) is 12.1 Å². The second-order valence-electron chi connectivity index (χ2n) is 6.16. The summed E-state index contributed by atoms with van der Waals surface area (Å²) in [6, 6.07) is 12.9. The van der Waals surface area contributed by atoms with E-state index in [0.29, 0.717) is 10.8 Å². The van der Waals surface area contributed by atoms with E-state index in [4.69, 9.17) is 20.9 Å². The molecule has 2 aromatic carbocycles. The van der Waals surface area contributed by atoms with Gasteiger partial charge in [-0.2, -0.15) is 0 Å². The summed E-state index contributed by atoms with van der Waals surface area (Å²) in [6.45, 7) is 3.79. The van der Waals surface area contributed by atoms with Crippen LogP contribution in [0.1, 0.15) is 21.8 Å². The zero-order chi connectivity index (χ0) is 19.1. The van der Waals surface area contributed by atoms with Crippen molar-refractivity contribution in [2.75, 3.05) is 7.11 Å². The molecule has 0 amide bonds. The largest absolute Gasteiger partial charge is 0.465 e. The number of halogens is 1. The molecule has 136 valence electrons. The molecule has 0 atom stereocenters. The Labute approximate surface area is 160 Å². The fraction of sp³-hybridized carbons (Fsp3) is 0.150. The van der Waals surface area contributed by atoms with Crippen molar-refractivity contribution in [2.24, 2.45) is 0 Å². The van der Waals surface area contributed by atoms with Crippen molar-refractivity contribution in [3.05, 3.63) is 64.8 Å². The van der Waals surface area contributed by atoms with E-state index in [2.05, 4.69) is 10.1 Å². The lowest BCUT2D eigenvalue weighted by Crippen LogP contribution is -2.02. The van der Waals surface area contributed by atoms with Gasteiger partial charge >= 0.3 is 5.97 Å². The summed E-state index contributed by atoms with van der Waals surface area (Å²) in [7, 11) is 1.35. The van der Waals surface area contributed by atoms with E-state index in [1.165, 1.54) is 7.11 Å². The number of fused-ring (bicyclic) bond motifs is 1. The summed E-state index contributed by atoms with van der Waals surface area (Å²) >= 11 is 6.40. The van der Waals surface area contributed by atoms with Crippen molar-refractivity contribution in [2.45, 2.75) is 13.8 Å². The smallest absolute Gasteiger partial charge is 0.337 e. The van der Waals surface area contributed by atoms with Gasteiger partial charge in [0.2, 0.25) is 5.28 Å². The Balaban J connectivity index is 1.87. The Kier molecular flexibility index (Phi) is 4.20. The van der Waals surface area contributed by atoms with Gasteiger partial charge in [-0.05, 0) is 67.4 Å². The Hall–Kier alpha value is -3.12. The van der Waals surface area contributed by atoms with Gasteiger partial charge in [0.25, 0.3) is 0 Å². The first-order valence-corrected chi connectivity index (χ1v) is 8.67. The molecule has 0 fully saturated rings.